The molecule has 4 nitrogen and oxygen atoms in total. The van der Waals surface area contributed by atoms with Crippen LogP contribution in [0.25, 0.3) is 0 Å². The number of likely N-dealkylation sites (tertiary alicyclic amines) is 1. The molecule has 146 valence electrons. The van der Waals surface area contributed by atoms with Gasteiger partial charge >= 0.3 is 0 Å². The molecule has 0 aromatic heterocycles. The number of carbonyl (C=O) groups excluding carboxylic acids is 1. The standard InChI is InChI=1S/C22H35NO3/c1-14-10-17-21(4,19(26)15(14)2)18(25)11-16-20(3)6-5-7-22(16,17)13-23(12-20)8-9-24/h9,14,16-19,25-26H,2,5-8,10-13H2,1,3-4H3/t14-,16+,17+,18+,19+,20-,21+,22-/m0/s1. The van der Waals surface area contributed by atoms with Gasteiger partial charge in [-0.25, -0.2) is 0 Å². The first-order valence-corrected chi connectivity index (χ1v) is 10.4. The summed E-state index contributed by atoms with van der Waals surface area (Å²) < 4.78 is 0. The van der Waals surface area contributed by atoms with Crippen LogP contribution in [0.4, 0.5) is 0 Å². The molecular formula is C22H35NO3. The third-order valence-electron chi connectivity index (χ3n) is 9.15. The SMILES string of the molecule is C=C1[C@@H](O)[C@@]2(C)[C@H](O)C[C@@H]3[C@@]4(C)CCC[C@@]3(CN(CC=O)C4)[C@@H]2C[C@@H]1C. The Hall–Kier alpha value is -0.710. The van der Waals surface area contributed by atoms with Crippen molar-refractivity contribution in [3.05, 3.63) is 12.2 Å². The number of nitrogens with zero attached hydrogens (tertiary/aromatic N) is 1. The van der Waals surface area contributed by atoms with Gasteiger partial charge < -0.3 is 15.0 Å². The smallest absolute Gasteiger partial charge is 0.133 e. The molecule has 8 atom stereocenters. The molecule has 1 heterocycles. The Balaban J connectivity index is 1.83. The van der Waals surface area contributed by atoms with E-state index in [2.05, 4.69) is 32.3 Å². The molecule has 0 radical (unpaired) electrons. The van der Waals surface area contributed by atoms with E-state index in [-0.39, 0.29) is 22.7 Å². The number of aldehydes is 1. The van der Waals surface area contributed by atoms with Gasteiger partial charge in [0.25, 0.3) is 0 Å². The van der Waals surface area contributed by atoms with Crippen molar-refractivity contribution in [1.29, 1.82) is 0 Å². The first kappa shape index (κ1) is 18.6. The summed E-state index contributed by atoms with van der Waals surface area (Å²) in [7, 11) is 0. The molecule has 4 aliphatic rings. The van der Waals surface area contributed by atoms with E-state index in [0.717, 1.165) is 44.2 Å². The van der Waals surface area contributed by atoms with Crippen LogP contribution in [0.15, 0.2) is 12.2 Å². The number of fused-ring (bicyclic) bond motifs is 1. The van der Waals surface area contributed by atoms with Gasteiger partial charge in [0, 0.05) is 18.5 Å². The maximum absolute atomic E-state index is 11.3. The van der Waals surface area contributed by atoms with Gasteiger partial charge in [-0.05, 0) is 59.8 Å². The van der Waals surface area contributed by atoms with Gasteiger partial charge in [0.15, 0.2) is 0 Å². The van der Waals surface area contributed by atoms with Crippen molar-refractivity contribution in [1.82, 2.24) is 4.90 Å². The Bertz CT molecular complexity index is 621. The lowest BCUT2D eigenvalue weighted by Gasteiger charge is -2.71. The molecular weight excluding hydrogens is 326 g/mol. The van der Waals surface area contributed by atoms with Crippen molar-refractivity contribution in [3.63, 3.8) is 0 Å². The van der Waals surface area contributed by atoms with E-state index in [1.54, 1.807) is 0 Å². The minimum Gasteiger partial charge on any atom is -0.392 e. The van der Waals surface area contributed by atoms with E-state index in [1.165, 1.54) is 12.8 Å². The van der Waals surface area contributed by atoms with Gasteiger partial charge in [0.1, 0.15) is 6.29 Å². The van der Waals surface area contributed by atoms with Gasteiger partial charge in [-0.2, -0.15) is 0 Å². The Labute approximate surface area is 157 Å². The second-order valence-electron chi connectivity index (χ2n) is 10.4. The van der Waals surface area contributed by atoms with Crippen molar-refractivity contribution in [2.75, 3.05) is 19.6 Å². The summed E-state index contributed by atoms with van der Waals surface area (Å²) in [4.78, 5) is 13.6. The summed E-state index contributed by atoms with van der Waals surface area (Å²) in [6.45, 7) is 13.2. The predicted octanol–water partition coefficient (Wildman–Crippen LogP) is 2.64. The molecule has 26 heavy (non-hydrogen) atoms. The number of aliphatic hydroxyl groups excluding tert-OH is 2. The average molecular weight is 362 g/mol. The van der Waals surface area contributed by atoms with Gasteiger partial charge in [-0.1, -0.05) is 33.8 Å². The summed E-state index contributed by atoms with van der Waals surface area (Å²) in [6.07, 6.45) is 5.22. The Morgan fingerprint density at radius 1 is 1.19 bits per heavy atom. The first-order valence-electron chi connectivity index (χ1n) is 10.4. The minimum absolute atomic E-state index is 0.0954. The van der Waals surface area contributed by atoms with Crippen molar-refractivity contribution in [3.8, 4) is 0 Å². The predicted molar refractivity (Wildman–Crippen MR) is 102 cm³/mol. The van der Waals surface area contributed by atoms with E-state index >= 15 is 0 Å². The second-order valence-corrected chi connectivity index (χ2v) is 10.4. The fraction of sp³-hybridized carbons (Fsp3) is 0.864. The van der Waals surface area contributed by atoms with Gasteiger partial charge in [-0.3, -0.25) is 4.90 Å². The molecule has 1 aliphatic heterocycles. The van der Waals surface area contributed by atoms with E-state index in [4.69, 9.17) is 0 Å². The molecule has 0 aromatic carbocycles. The number of rotatable bonds is 2. The highest BCUT2D eigenvalue weighted by Crippen LogP contribution is 2.70. The fourth-order valence-electron chi connectivity index (χ4n) is 7.87. The number of hydrogen-bond donors (Lipinski definition) is 2. The summed E-state index contributed by atoms with van der Waals surface area (Å²) in [5.41, 5.74) is 0.613. The largest absolute Gasteiger partial charge is 0.392 e. The number of hydrogen-bond acceptors (Lipinski definition) is 4. The Morgan fingerprint density at radius 2 is 1.92 bits per heavy atom. The summed E-state index contributed by atoms with van der Waals surface area (Å²) >= 11 is 0. The zero-order valence-electron chi connectivity index (χ0n) is 16.6. The highest BCUT2D eigenvalue weighted by atomic mass is 16.3. The van der Waals surface area contributed by atoms with Crippen LogP contribution in [0.1, 0.15) is 52.9 Å². The van der Waals surface area contributed by atoms with E-state index < -0.39 is 17.6 Å². The quantitative estimate of drug-likeness (QED) is 0.586. The lowest BCUT2D eigenvalue weighted by Crippen LogP contribution is -2.72. The average Bonchev–Trinajstić information content (AvgIpc) is 2.57. The van der Waals surface area contributed by atoms with Crippen LogP contribution in [0, 0.1) is 34.0 Å². The van der Waals surface area contributed by atoms with Crippen LogP contribution in [-0.4, -0.2) is 53.2 Å². The van der Waals surface area contributed by atoms with Gasteiger partial charge in [-0.15, -0.1) is 0 Å². The number of carbonyl (C=O) groups is 1. The molecule has 4 heteroatoms. The maximum atomic E-state index is 11.3. The molecule has 4 rings (SSSR count). The Morgan fingerprint density at radius 3 is 2.62 bits per heavy atom. The van der Waals surface area contributed by atoms with Crippen molar-refractivity contribution in [2.45, 2.75) is 65.1 Å². The van der Waals surface area contributed by atoms with Crippen LogP contribution in [0.2, 0.25) is 0 Å². The lowest BCUT2D eigenvalue weighted by molar-refractivity contribution is -0.255. The van der Waals surface area contributed by atoms with Crippen LogP contribution in [0.5, 0.6) is 0 Å². The molecule has 1 saturated heterocycles. The molecule has 2 N–H and O–H groups in total. The summed E-state index contributed by atoms with van der Waals surface area (Å²) in [5.74, 6) is 1.02. The molecule has 0 aromatic rings. The molecule has 4 fully saturated rings. The van der Waals surface area contributed by atoms with Crippen LogP contribution < -0.4 is 0 Å². The van der Waals surface area contributed by atoms with Crippen LogP contribution in [0.3, 0.4) is 0 Å². The third-order valence-corrected chi connectivity index (χ3v) is 9.15. The van der Waals surface area contributed by atoms with Crippen molar-refractivity contribution >= 4 is 6.29 Å². The van der Waals surface area contributed by atoms with Gasteiger partial charge in [0.2, 0.25) is 0 Å². The minimum atomic E-state index is -0.642. The van der Waals surface area contributed by atoms with Crippen molar-refractivity contribution in [2.24, 2.45) is 34.0 Å². The molecule has 0 amide bonds. The topological polar surface area (TPSA) is 60.8 Å². The highest BCUT2D eigenvalue weighted by Gasteiger charge is 2.69. The van der Waals surface area contributed by atoms with Crippen LogP contribution >= 0.6 is 0 Å². The zero-order chi connectivity index (χ0) is 18.9. The Kier molecular flexibility index (Phi) is 4.22. The van der Waals surface area contributed by atoms with E-state index in [9.17, 15) is 15.0 Å². The lowest BCUT2D eigenvalue weighted by atomic mass is 9.37. The monoisotopic (exact) mass is 361 g/mol. The normalized spacial score (nSPS) is 54.3. The molecule has 2 bridgehead atoms. The van der Waals surface area contributed by atoms with E-state index in [1.807, 2.05) is 0 Å². The molecule has 3 aliphatic carbocycles. The zero-order valence-corrected chi connectivity index (χ0v) is 16.6. The number of aliphatic hydroxyl groups is 2. The maximum Gasteiger partial charge on any atom is 0.133 e. The van der Waals surface area contributed by atoms with Crippen molar-refractivity contribution < 1.29 is 15.0 Å². The molecule has 0 unspecified atom stereocenters. The van der Waals surface area contributed by atoms with E-state index in [0.29, 0.717) is 12.5 Å². The first-order chi connectivity index (χ1) is 12.2. The molecule has 3 saturated carbocycles. The molecule has 0 spiro atoms. The van der Waals surface area contributed by atoms with Crippen LogP contribution in [-0.2, 0) is 4.79 Å². The van der Waals surface area contributed by atoms with Gasteiger partial charge in [0.05, 0.1) is 18.8 Å². The second kappa shape index (κ2) is 5.89. The third kappa shape index (κ3) is 2.21. The summed E-state index contributed by atoms with van der Waals surface area (Å²) in [5, 5.41) is 22.4. The number of piperidine rings is 1. The summed E-state index contributed by atoms with van der Waals surface area (Å²) in [6, 6.07) is 0. The fourth-order valence-corrected chi connectivity index (χ4v) is 7.87. The highest BCUT2D eigenvalue weighted by molar-refractivity contribution is 5.52.